The summed E-state index contributed by atoms with van der Waals surface area (Å²) in [5, 5.41) is 0. The second kappa shape index (κ2) is 8.72. The van der Waals surface area contributed by atoms with Crippen LogP contribution in [0.3, 0.4) is 0 Å². The Balaban J connectivity index is 0.000000583. The molecule has 1 rings (SSSR count). The maximum absolute atomic E-state index is 11.1. The van der Waals surface area contributed by atoms with Crippen LogP contribution < -0.4 is 0 Å². The zero-order valence-corrected chi connectivity index (χ0v) is 10.8. The van der Waals surface area contributed by atoms with E-state index in [0.717, 1.165) is 39.1 Å². The first-order valence-electron chi connectivity index (χ1n) is 6.13. The zero-order valence-electron chi connectivity index (χ0n) is 10.8. The second-order valence-corrected chi connectivity index (χ2v) is 4.00. The lowest BCUT2D eigenvalue weighted by atomic mass is 10.4. The van der Waals surface area contributed by atoms with Crippen LogP contribution in [0.15, 0.2) is 0 Å². The molecule has 0 unspecified atom stereocenters. The summed E-state index contributed by atoms with van der Waals surface area (Å²) >= 11 is 0. The smallest absolute Gasteiger partial charge is 0.219 e. The van der Waals surface area contributed by atoms with Crippen molar-refractivity contribution in [3.05, 3.63) is 0 Å². The molecule has 0 spiro atoms. The van der Waals surface area contributed by atoms with Gasteiger partial charge in [-0.2, -0.15) is 0 Å². The van der Waals surface area contributed by atoms with E-state index in [4.69, 9.17) is 0 Å². The van der Waals surface area contributed by atoms with E-state index in [-0.39, 0.29) is 5.91 Å². The third kappa shape index (κ3) is 6.50. The molecule has 1 aliphatic heterocycles. The average molecular weight is 214 g/mol. The number of amides is 1. The highest BCUT2D eigenvalue weighted by Crippen LogP contribution is 2.02. The Kier molecular flexibility index (Phi) is 8.38. The third-order valence-electron chi connectivity index (χ3n) is 2.48. The zero-order chi connectivity index (χ0) is 11.7. The van der Waals surface area contributed by atoms with Crippen molar-refractivity contribution in [3.63, 3.8) is 0 Å². The lowest BCUT2D eigenvalue weighted by Gasteiger charge is -2.19. The minimum atomic E-state index is 0.216. The quantitative estimate of drug-likeness (QED) is 0.666. The van der Waals surface area contributed by atoms with Gasteiger partial charge in [0.15, 0.2) is 0 Å². The van der Waals surface area contributed by atoms with E-state index in [1.165, 1.54) is 6.42 Å². The molecule has 0 aromatic heterocycles. The van der Waals surface area contributed by atoms with Crippen molar-refractivity contribution in [1.29, 1.82) is 0 Å². The van der Waals surface area contributed by atoms with Crippen LogP contribution in [0.2, 0.25) is 0 Å². The highest BCUT2D eigenvalue weighted by Gasteiger charge is 2.14. The molecular formula is C12H26N2O. The summed E-state index contributed by atoms with van der Waals surface area (Å²) in [6.07, 6.45) is 2.37. The number of likely N-dealkylation sites (N-methyl/N-ethyl adjacent to an activating group) is 1. The van der Waals surface area contributed by atoms with E-state index < -0.39 is 0 Å². The monoisotopic (exact) mass is 214 g/mol. The molecule has 0 aliphatic carbocycles. The predicted molar refractivity (Wildman–Crippen MR) is 65.0 cm³/mol. The van der Waals surface area contributed by atoms with Crippen LogP contribution in [-0.2, 0) is 4.79 Å². The molecule has 3 nitrogen and oxygen atoms in total. The molecule has 0 N–H and O–H groups in total. The Labute approximate surface area is 94.4 Å². The van der Waals surface area contributed by atoms with Gasteiger partial charge in [0.1, 0.15) is 0 Å². The Hall–Kier alpha value is -0.570. The molecule has 90 valence electrons. The average Bonchev–Trinajstić information content (AvgIpc) is 2.43. The molecule has 0 saturated carbocycles. The fraction of sp³-hybridized carbons (Fsp3) is 0.917. The lowest BCUT2D eigenvalue weighted by molar-refractivity contribution is -0.128. The standard InChI is InChI=1S/C9H18N2O.C3H8/c1-3-10-5-4-6-11(8-7-10)9(2)12;1-3-2/h3-8H2,1-2H3;3H2,1-2H3. The molecule has 15 heavy (non-hydrogen) atoms. The van der Waals surface area contributed by atoms with Gasteiger partial charge in [0.2, 0.25) is 5.91 Å². The molecule has 3 heteroatoms. The fourth-order valence-corrected chi connectivity index (χ4v) is 1.60. The Bertz CT molecular complexity index is 171. The largest absolute Gasteiger partial charge is 0.342 e. The Morgan fingerprint density at radius 3 is 2.13 bits per heavy atom. The summed E-state index contributed by atoms with van der Waals surface area (Å²) in [6, 6.07) is 0. The minimum Gasteiger partial charge on any atom is -0.342 e. The fourth-order valence-electron chi connectivity index (χ4n) is 1.60. The highest BCUT2D eigenvalue weighted by atomic mass is 16.2. The van der Waals surface area contributed by atoms with E-state index in [1.807, 2.05) is 4.90 Å². The van der Waals surface area contributed by atoms with Gasteiger partial charge in [-0.05, 0) is 19.5 Å². The molecule has 1 aliphatic rings. The van der Waals surface area contributed by atoms with Crippen LogP contribution in [0.5, 0.6) is 0 Å². The van der Waals surface area contributed by atoms with Crippen molar-refractivity contribution in [1.82, 2.24) is 9.80 Å². The van der Waals surface area contributed by atoms with Crippen molar-refractivity contribution < 1.29 is 4.79 Å². The van der Waals surface area contributed by atoms with Gasteiger partial charge in [-0.3, -0.25) is 4.79 Å². The van der Waals surface area contributed by atoms with Crippen LogP contribution in [0.4, 0.5) is 0 Å². The van der Waals surface area contributed by atoms with Crippen molar-refractivity contribution in [2.75, 3.05) is 32.7 Å². The van der Waals surface area contributed by atoms with E-state index in [9.17, 15) is 4.79 Å². The predicted octanol–water partition coefficient (Wildman–Crippen LogP) is 1.98. The molecule has 1 saturated heterocycles. The molecule has 1 fully saturated rings. The molecule has 0 radical (unpaired) electrons. The highest BCUT2D eigenvalue weighted by molar-refractivity contribution is 5.73. The van der Waals surface area contributed by atoms with Gasteiger partial charge in [-0.15, -0.1) is 0 Å². The first-order valence-corrected chi connectivity index (χ1v) is 6.13. The first-order chi connectivity index (χ1) is 7.15. The van der Waals surface area contributed by atoms with Crippen LogP contribution in [0.1, 0.15) is 40.5 Å². The number of carbonyl (C=O) groups is 1. The topological polar surface area (TPSA) is 23.6 Å². The lowest BCUT2D eigenvalue weighted by Crippen LogP contribution is -2.33. The number of hydrogen-bond donors (Lipinski definition) is 0. The number of nitrogens with zero attached hydrogens (tertiary/aromatic N) is 2. The number of carbonyl (C=O) groups excluding carboxylic acids is 1. The second-order valence-electron chi connectivity index (χ2n) is 4.00. The normalized spacial score (nSPS) is 17.7. The maximum Gasteiger partial charge on any atom is 0.219 e. The van der Waals surface area contributed by atoms with Gasteiger partial charge >= 0.3 is 0 Å². The van der Waals surface area contributed by atoms with Gasteiger partial charge in [0, 0.05) is 26.6 Å². The van der Waals surface area contributed by atoms with E-state index in [2.05, 4.69) is 25.7 Å². The number of rotatable bonds is 1. The summed E-state index contributed by atoms with van der Waals surface area (Å²) in [4.78, 5) is 15.4. The number of hydrogen-bond acceptors (Lipinski definition) is 2. The van der Waals surface area contributed by atoms with Gasteiger partial charge in [0.05, 0.1) is 0 Å². The molecule has 0 atom stereocenters. The molecular weight excluding hydrogens is 188 g/mol. The van der Waals surface area contributed by atoms with E-state index >= 15 is 0 Å². The Morgan fingerprint density at radius 1 is 1.07 bits per heavy atom. The van der Waals surface area contributed by atoms with Crippen LogP contribution in [0, 0.1) is 0 Å². The van der Waals surface area contributed by atoms with Crippen molar-refractivity contribution in [2.45, 2.75) is 40.5 Å². The molecule has 0 aromatic rings. The van der Waals surface area contributed by atoms with Crippen molar-refractivity contribution >= 4 is 5.91 Å². The molecule has 0 aromatic carbocycles. The van der Waals surface area contributed by atoms with E-state index in [0.29, 0.717) is 0 Å². The molecule has 1 heterocycles. The van der Waals surface area contributed by atoms with Crippen molar-refractivity contribution in [2.24, 2.45) is 0 Å². The van der Waals surface area contributed by atoms with Gasteiger partial charge in [-0.25, -0.2) is 0 Å². The van der Waals surface area contributed by atoms with Gasteiger partial charge < -0.3 is 9.80 Å². The van der Waals surface area contributed by atoms with Gasteiger partial charge in [0.25, 0.3) is 0 Å². The minimum absolute atomic E-state index is 0.216. The molecule has 1 amide bonds. The summed E-state index contributed by atoms with van der Waals surface area (Å²) < 4.78 is 0. The Morgan fingerprint density at radius 2 is 1.67 bits per heavy atom. The van der Waals surface area contributed by atoms with Gasteiger partial charge in [-0.1, -0.05) is 27.2 Å². The first kappa shape index (κ1) is 14.4. The summed E-state index contributed by atoms with van der Waals surface area (Å²) in [5.41, 5.74) is 0. The third-order valence-corrected chi connectivity index (χ3v) is 2.48. The van der Waals surface area contributed by atoms with Crippen LogP contribution >= 0.6 is 0 Å². The SMILES string of the molecule is CCC.CCN1CCCN(C(C)=O)CC1. The molecule has 0 bridgehead atoms. The summed E-state index contributed by atoms with van der Waals surface area (Å²) in [7, 11) is 0. The summed E-state index contributed by atoms with van der Waals surface area (Å²) in [5.74, 6) is 0.216. The van der Waals surface area contributed by atoms with Crippen LogP contribution in [-0.4, -0.2) is 48.4 Å². The van der Waals surface area contributed by atoms with Crippen LogP contribution in [0.25, 0.3) is 0 Å². The van der Waals surface area contributed by atoms with E-state index in [1.54, 1.807) is 6.92 Å². The maximum atomic E-state index is 11.1. The van der Waals surface area contributed by atoms with Crippen molar-refractivity contribution in [3.8, 4) is 0 Å². The summed E-state index contributed by atoms with van der Waals surface area (Å²) in [6.45, 7) is 13.2.